The molecule has 0 aromatic heterocycles. The zero-order chi connectivity index (χ0) is 22.0. The largest absolute Gasteiger partial charge is 0.369 e. The van der Waals surface area contributed by atoms with Gasteiger partial charge in [-0.2, -0.15) is 4.31 Å². The van der Waals surface area contributed by atoms with Gasteiger partial charge in [0.1, 0.15) is 0 Å². The summed E-state index contributed by atoms with van der Waals surface area (Å²) in [5, 5.41) is 0. The van der Waals surface area contributed by atoms with Gasteiger partial charge in [0.2, 0.25) is 10.0 Å². The predicted molar refractivity (Wildman–Crippen MR) is 127 cm³/mol. The van der Waals surface area contributed by atoms with E-state index in [1.807, 2.05) is 0 Å². The lowest BCUT2D eigenvalue weighted by atomic mass is 9.93. The molecular weight excluding hydrogens is 408 g/mol. The Labute approximate surface area is 187 Å². The molecule has 0 bridgehead atoms. The number of nitrogens with zero attached hydrogens (tertiary/aromatic N) is 4. The van der Waals surface area contributed by atoms with Crippen molar-refractivity contribution in [3.05, 3.63) is 65.7 Å². The van der Waals surface area contributed by atoms with E-state index < -0.39 is 10.0 Å². The number of likely N-dealkylation sites (tertiary alicyclic amines) is 1. The smallest absolute Gasteiger partial charge is 0.211 e. The molecule has 31 heavy (non-hydrogen) atoms. The Morgan fingerprint density at radius 1 is 0.903 bits per heavy atom. The molecule has 168 valence electrons. The molecule has 2 aliphatic rings. The zero-order valence-corrected chi connectivity index (χ0v) is 19.6. The molecule has 0 aliphatic carbocycles. The lowest BCUT2D eigenvalue weighted by Crippen LogP contribution is -2.48. The minimum atomic E-state index is -3.09. The van der Waals surface area contributed by atoms with E-state index in [1.165, 1.54) is 23.1 Å². The monoisotopic (exact) mass is 442 g/mol. The predicted octanol–water partition coefficient (Wildman–Crippen LogP) is 2.30. The number of rotatable bonds is 6. The number of benzene rings is 2. The molecule has 2 atom stereocenters. The van der Waals surface area contributed by atoms with Gasteiger partial charge in [0, 0.05) is 63.5 Å². The van der Waals surface area contributed by atoms with Crippen LogP contribution in [0.1, 0.15) is 17.0 Å². The van der Waals surface area contributed by atoms with Crippen LogP contribution < -0.4 is 4.90 Å². The van der Waals surface area contributed by atoms with Gasteiger partial charge >= 0.3 is 0 Å². The minimum absolute atomic E-state index is 0.481. The van der Waals surface area contributed by atoms with Gasteiger partial charge in [-0.25, -0.2) is 8.42 Å². The Morgan fingerprint density at radius 3 is 2.13 bits per heavy atom. The average molecular weight is 443 g/mol. The summed E-state index contributed by atoms with van der Waals surface area (Å²) in [4.78, 5) is 7.20. The van der Waals surface area contributed by atoms with Crippen molar-refractivity contribution < 1.29 is 8.42 Å². The van der Waals surface area contributed by atoms with Crippen molar-refractivity contribution in [3.8, 4) is 0 Å². The van der Waals surface area contributed by atoms with Crippen molar-refractivity contribution in [2.45, 2.75) is 18.5 Å². The van der Waals surface area contributed by atoms with Crippen LogP contribution in [-0.4, -0.2) is 88.2 Å². The number of sulfonamides is 1. The SMILES string of the molecule is CN(C)[C@H]1CN(Cc2ccccc2)C[C@@H]1c1ccc(N2CCN(S(C)(=O)=O)CC2)cc1. The summed E-state index contributed by atoms with van der Waals surface area (Å²) in [6, 6.07) is 20.1. The van der Waals surface area contributed by atoms with Gasteiger partial charge in [0.15, 0.2) is 0 Å². The fourth-order valence-electron chi connectivity index (χ4n) is 4.90. The van der Waals surface area contributed by atoms with Gasteiger partial charge < -0.3 is 9.80 Å². The van der Waals surface area contributed by atoms with Crippen molar-refractivity contribution in [2.24, 2.45) is 0 Å². The fourth-order valence-corrected chi connectivity index (χ4v) is 5.72. The maximum Gasteiger partial charge on any atom is 0.211 e. The first-order valence-electron chi connectivity index (χ1n) is 11.0. The van der Waals surface area contributed by atoms with Gasteiger partial charge in [0.05, 0.1) is 6.26 Å². The third-order valence-corrected chi connectivity index (χ3v) is 7.97. The van der Waals surface area contributed by atoms with Crippen molar-refractivity contribution in [2.75, 3.05) is 64.5 Å². The van der Waals surface area contributed by atoms with Gasteiger partial charge in [-0.15, -0.1) is 0 Å². The van der Waals surface area contributed by atoms with E-state index in [0.717, 1.165) is 32.7 Å². The zero-order valence-electron chi connectivity index (χ0n) is 18.8. The first-order valence-corrected chi connectivity index (χ1v) is 12.9. The van der Waals surface area contributed by atoms with Gasteiger partial charge in [-0.05, 0) is 37.4 Å². The normalized spacial score (nSPS) is 23.5. The van der Waals surface area contributed by atoms with E-state index in [9.17, 15) is 8.42 Å². The molecule has 4 rings (SSSR count). The summed E-state index contributed by atoms with van der Waals surface area (Å²) in [5.41, 5.74) is 3.93. The molecule has 0 saturated carbocycles. The average Bonchev–Trinajstić information content (AvgIpc) is 3.18. The van der Waals surface area contributed by atoms with Crippen LogP contribution in [0.4, 0.5) is 5.69 Å². The molecule has 6 nitrogen and oxygen atoms in total. The Kier molecular flexibility index (Phi) is 6.67. The molecule has 2 heterocycles. The van der Waals surface area contributed by atoms with Crippen molar-refractivity contribution >= 4 is 15.7 Å². The highest BCUT2D eigenvalue weighted by atomic mass is 32.2. The van der Waals surface area contributed by atoms with Gasteiger partial charge in [0.25, 0.3) is 0 Å². The van der Waals surface area contributed by atoms with Crippen molar-refractivity contribution in [3.63, 3.8) is 0 Å². The number of likely N-dealkylation sites (N-methyl/N-ethyl adjacent to an activating group) is 1. The number of hydrogen-bond acceptors (Lipinski definition) is 5. The Hall–Kier alpha value is -1.93. The van der Waals surface area contributed by atoms with Crippen molar-refractivity contribution in [1.82, 2.24) is 14.1 Å². The fraction of sp³-hybridized carbons (Fsp3) is 0.500. The Bertz CT molecular complexity index is 955. The lowest BCUT2D eigenvalue weighted by molar-refractivity contribution is 0.260. The van der Waals surface area contributed by atoms with Gasteiger partial charge in [-0.3, -0.25) is 4.90 Å². The maximum atomic E-state index is 11.7. The van der Waals surface area contributed by atoms with E-state index in [-0.39, 0.29) is 0 Å². The summed E-state index contributed by atoms with van der Waals surface area (Å²) in [6.07, 6.45) is 1.29. The second kappa shape index (κ2) is 9.28. The van der Waals surface area contributed by atoms with E-state index in [0.29, 0.717) is 25.0 Å². The molecule has 2 fully saturated rings. The van der Waals surface area contributed by atoms with Crippen molar-refractivity contribution in [1.29, 1.82) is 0 Å². The minimum Gasteiger partial charge on any atom is -0.369 e. The van der Waals surface area contributed by atoms with Crippen LogP contribution in [0.15, 0.2) is 54.6 Å². The summed E-state index contributed by atoms with van der Waals surface area (Å²) >= 11 is 0. The molecule has 2 aromatic rings. The Balaban J connectivity index is 1.42. The number of hydrogen-bond donors (Lipinski definition) is 0. The van der Waals surface area contributed by atoms with E-state index >= 15 is 0 Å². The second-order valence-corrected chi connectivity index (χ2v) is 11.0. The van der Waals surface area contributed by atoms with E-state index in [1.54, 1.807) is 4.31 Å². The molecule has 7 heteroatoms. The molecule has 0 spiro atoms. The Morgan fingerprint density at radius 2 is 1.55 bits per heavy atom. The van der Waals surface area contributed by atoms with Crippen LogP contribution >= 0.6 is 0 Å². The molecule has 2 aromatic carbocycles. The van der Waals surface area contributed by atoms with Crippen LogP contribution in [0.5, 0.6) is 0 Å². The molecule has 0 radical (unpaired) electrons. The quantitative estimate of drug-likeness (QED) is 0.687. The third kappa shape index (κ3) is 5.29. The second-order valence-electron chi connectivity index (χ2n) is 9.06. The highest BCUT2D eigenvalue weighted by Crippen LogP contribution is 2.32. The lowest BCUT2D eigenvalue weighted by Gasteiger charge is -2.35. The summed E-state index contributed by atoms with van der Waals surface area (Å²) < 4.78 is 25.1. The van der Waals surface area contributed by atoms with Crippen LogP contribution in [0.3, 0.4) is 0 Å². The maximum absolute atomic E-state index is 11.7. The molecule has 0 amide bonds. The highest BCUT2D eigenvalue weighted by molar-refractivity contribution is 7.88. The van der Waals surface area contributed by atoms with Crippen LogP contribution in [-0.2, 0) is 16.6 Å². The summed E-state index contributed by atoms with van der Waals surface area (Å²) in [7, 11) is 1.27. The first kappa shape index (κ1) is 22.3. The third-order valence-electron chi connectivity index (χ3n) is 6.67. The van der Waals surface area contributed by atoms with E-state index in [2.05, 4.69) is 83.4 Å². The van der Waals surface area contributed by atoms with Crippen LogP contribution in [0, 0.1) is 0 Å². The molecule has 2 aliphatic heterocycles. The molecular formula is C24H34N4O2S. The summed E-state index contributed by atoms with van der Waals surface area (Å²) in [6.45, 7) is 5.71. The number of piperazine rings is 1. The first-order chi connectivity index (χ1) is 14.8. The van der Waals surface area contributed by atoms with Gasteiger partial charge in [-0.1, -0.05) is 42.5 Å². The molecule has 0 unspecified atom stereocenters. The molecule has 0 N–H and O–H groups in total. The standard InChI is InChI=1S/C24H34N4O2S/c1-25(2)24-19-26(17-20-7-5-4-6-8-20)18-23(24)21-9-11-22(12-10-21)27-13-15-28(16-14-27)31(3,29)30/h4-12,23-24H,13-19H2,1-3H3/t23-,24+/m1/s1. The number of anilines is 1. The van der Waals surface area contributed by atoms with E-state index in [4.69, 9.17) is 0 Å². The van der Waals surface area contributed by atoms with Crippen LogP contribution in [0.25, 0.3) is 0 Å². The topological polar surface area (TPSA) is 47.1 Å². The highest BCUT2D eigenvalue weighted by Gasteiger charge is 2.35. The molecule has 2 saturated heterocycles. The van der Waals surface area contributed by atoms with Crippen LogP contribution in [0.2, 0.25) is 0 Å². The summed E-state index contributed by atoms with van der Waals surface area (Å²) in [5.74, 6) is 0.481.